The molecule has 0 spiro atoms. The van der Waals surface area contributed by atoms with Gasteiger partial charge in [-0.2, -0.15) is 0 Å². The van der Waals surface area contributed by atoms with E-state index in [2.05, 4.69) is 26.3 Å². The highest BCUT2D eigenvalue weighted by molar-refractivity contribution is 5.95. The summed E-state index contributed by atoms with van der Waals surface area (Å²) >= 11 is 0. The highest BCUT2D eigenvalue weighted by Gasteiger charge is 2.32. The number of carboxylic acids is 1. The van der Waals surface area contributed by atoms with E-state index < -0.39 is 54.3 Å². The Labute approximate surface area is 220 Å². The van der Waals surface area contributed by atoms with Crippen LogP contribution in [0.3, 0.4) is 0 Å². The summed E-state index contributed by atoms with van der Waals surface area (Å²) in [4.78, 5) is 65.8. The zero-order chi connectivity index (χ0) is 28.1. The Morgan fingerprint density at radius 3 is 2.21 bits per heavy atom. The van der Waals surface area contributed by atoms with Gasteiger partial charge >= 0.3 is 5.97 Å². The lowest BCUT2D eigenvalue weighted by atomic mass is 10.0. The summed E-state index contributed by atoms with van der Waals surface area (Å²) in [5, 5.41) is 20.1. The molecule has 4 amide bonds. The van der Waals surface area contributed by atoms with Crippen molar-refractivity contribution in [3.63, 3.8) is 0 Å². The van der Waals surface area contributed by atoms with Crippen molar-refractivity contribution >= 4 is 35.6 Å². The summed E-state index contributed by atoms with van der Waals surface area (Å²) in [6.07, 6.45) is 1.41. The number of nitrogens with two attached hydrogens (primary N) is 3. The Morgan fingerprint density at radius 1 is 0.974 bits per heavy atom. The van der Waals surface area contributed by atoms with Crippen LogP contribution in [0.2, 0.25) is 0 Å². The van der Waals surface area contributed by atoms with Crippen molar-refractivity contribution < 1.29 is 29.1 Å². The molecule has 14 nitrogen and oxygen atoms in total. The van der Waals surface area contributed by atoms with Crippen LogP contribution in [0.1, 0.15) is 37.7 Å². The fraction of sp³-hybridized carbons (Fsp3) is 0.500. The molecule has 4 atom stereocenters. The van der Waals surface area contributed by atoms with Gasteiger partial charge in [0.2, 0.25) is 23.6 Å². The van der Waals surface area contributed by atoms with Gasteiger partial charge in [-0.1, -0.05) is 30.3 Å². The Bertz CT molecular complexity index is 1010. The molecule has 1 saturated heterocycles. The molecule has 0 aliphatic carbocycles. The first-order chi connectivity index (χ1) is 18.1. The maximum Gasteiger partial charge on any atom is 0.326 e. The fourth-order valence-electron chi connectivity index (χ4n) is 3.96. The van der Waals surface area contributed by atoms with Crippen molar-refractivity contribution in [2.45, 2.75) is 62.7 Å². The molecule has 38 heavy (non-hydrogen) atoms. The molecule has 1 aromatic rings. The van der Waals surface area contributed by atoms with Gasteiger partial charge in [-0.05, 0) is 37.8 Å². The Morgan fingerprint density at radius 2 is 1.63 bits per heavy atom. The van der Waals surface area contributed by atoms with E-state index >= 15 is 0 Å². The molecular weight excluding hydrogens is 496 g/mol. The predicted octanol–water partition coefficient (Wildman–Crippen LogP) is -2.55. The van der Waals surface area contributed by atoms with Crippen LogP contribution in [0.4, 0.5) is 0 Å². The number of hydrogen-bond acceptors (Lipinski definition) is 7. The third kappa shape index (κ3) is 10.4. The van der Waals surface area contributed by atoms with E-state index in [-0.39, 0.29) is 31.3 Å². The zero-order valence-corrected chi connectivity index (χ0v) is 21.0. The lowest BCUT2D eigenvalue weighted by Crippen LogP contribution is -2.57. The lowest BCUT2D eigenvalue weighted by Gasteiger charge is -2.25. The minimum Gasteiger partial charge on any atom is -0.480 e. The molecule has 2 rings (SSSR count). The van der Waals surface area contributed by atoms with Gasteiger partial charge in [0, 0.05) is 13.0 Å². The van der Waals surface area contributed by atoms with E-state index in [1.165, 1.54) is 0 Å². The van der Waals surface area contributed by atoms with Gasteiger partial charge in [-0.3, -0.25) is 24.2 Å². The second kappa shape index (κ2) is 15.1. The van der Waals surface area contributed by atoms with E-state index in [9.17, 15) is 29.1 Å². The van der Waals surface area contributed by atoms with Crippen molar-refractivity contribution in [1.82, 2.24) is 21.3 Å². The first-order valence-electron chi connectivity index (χ1n) is 12.3. The summed E-state index contributed by atoms with van der Waals surface area (Å²) in [6, 6.07) is 4.54. The Hall–Kier alpha value is -4.20. The molecule has 1 aromatic carbocycles. The normalized spacial score (nSPS) is 16.9. The number of carboxylic acid groups (broad SMARTS) is 1. The van der Waals surface area contributed by atoms with E-state index in [1.807, 2.05) is 0 Å². The van der Waals surface area contributed by atoms with Gasteiger partial charge < -0.3 is 43.6 Å². The number of primary amides is 1. The molecule has 11 N–H and O–H groups in total. The molecule has 0 bridgehead atoms. The first kappa shape index (κ1) is 30.0. The molecule has 208 valence electrons. The van der Waals surface area contributed by atoms with Crippen LogP contribution in [0, 0.1) is 0 Å². The number of nitrogens with one attached hydrogen (secondary N) is 4. The van der Waals surface area contributed by atoms with Crippen LogP contribution >= 0.6 is 0 Å². The number of nitrogens with zero attached hydrogens (tertiary/aromatic N) is 1. The van der Waals surface area contributed by atoms with Crippen molar-refractivity contribution in [3.8, 4) is 0 Å². The summed E-state index contributed by atoms with van der Waals surface area (Å²) < 4.78 is 0. The average molecular weight is 533 g/mol. The molecule has 1 aliphatic rings. The maximum absolute atomic E-state index is 13.3. The van der Waals surface area contributed by atoms with Gasteiger partial charge in [0.05, 0.1) is 12.5 Å². The van der Waals surface area contributed by atoms with E-state index in [4.69, 9.17) is 17.2 Å². The molecule has 4 unspecified atom stereocenters. The number of rotatable bonds is 15. The fourth-order valence-corrected chi connectivity index (χ4v) is 3.96. The van der Waals surface area contributed by atoms with E-state index in [0.717, 1.165) is 6.42 Å². The number of guanidine groups is 1. The molecule has 0 aromatic heterocycles. The maximum atomic E-state index is 13.3. The number of aliphatic carboxylic acids is 1. The highest BCUT2D eigenvalue weighted by atomic mass is 16.4. The average Bonchev–Trinajstić information content (AvgIpc) is 3.40. The Balaban J connectivity index is 2.21. The monoisotopic (exact) mass is 532 g/mol. The van der Waals surface area contributed by atoms with Gasteiger partial charge in [-0.25, -0.2) is 4.79 Å². The van der Waals surface area contributed by atoms with Crippen molar-refractivity contribution in [1.29, 1.82) is 0 Å². The van der Waals surface area contributed by atoms with Gasteiger partial charge in [0.15, 0.2) is 5.96 Å². The molecule has 14 heteroatoms. The SMILES string of the molecule is NC(=O)CC(NC(=O)C(Cc1ccccc1)NC(=O)C(CCCN=C(N)N)NC(=O)C1CCCN1)C(=O)O. The van der Waals surface area contributed by atoms with Gasteiger partial charge in [0.25, 0.3) is 0 Å². The number of benzene rings is 1. The number of aliphatic imine (C=N–C) groups is 1. The summed E-state index contributed by atoms with van der Waals surface area (Å²) in [7, 11) is 0. The minimum atomic E-state index is -1.57. The largest absolute Gasteiger partial charge is 0.480 e. The number of carbonyl (C=O) groups excluding carboxylic acids is 4. The van der Waals surface area contributed by atoms with E-state index in [1.54, 1.807) is 30.3 Å². The van der Waals surface area contributed by atoms with Crippen LogP contribution in [-0.2, 0) is 30.4 Å². The third-order valence-corrected chi connectivity index (χ3v) is 5.89. The quantitative estimate of drug-likeness (QED) is 0.0672. The summed E-state index contributed by atoms with van der Waals surface area (Å²) in [5.41, 5.74) is 16.5. The van der Waals surface area contributed by atoms with E-state index in [0.29, 0.717) is 24.9 Å². The Kier molecular flexibility index (Phi) is 12.0. The van der Waals surface area contributed by atoms with Crippen molar-refractivity contribution in [2.75, 3.05) is 13.1 Å². The van der Waals surface area contributed by atoms with Gasteiger partial charge in [-0.15, -0.1) is 0 Å². The standard InChI is InChI=1S/C24H36N8O6/c25-19(33)13-18(23(37)38)32-22(36)17(12-14-6-2-1-3-7-14)31-21(35)16(9-5-11-29-24(26)27)30-20(34)15-8-4-10-28-15/h1-3,6-7,15-18,28H,4-5,8-13H2,(H2,25,33)(H,30,34)(H,31,35)(H,32,36)(H,37,38)(H4,26,27,29). The smallest absolute Gasteiger partial charge is 0.326 e. The van der Waals surface area contributed by atoms with Crippen molar-refractivity contribution in [3.05, 3.63) is 35.9 Å². The zero-order valence-electron chi connectivity index (χ0n) is 21.0. The van der Waals surface area contributed by atoms with Gasteiger partial charge in [0.1, 0.15) is 18.1 Å². The minimum absolute atomic E-state index is 0.0279. The lowest BCUT2D eigenvalue weighted by molar-refractivity contribution is -0.143. The predicted molar refractivity (Wildman–Crippen MR) is 138 cm³/mol. The van der Waals surface area contributed by atoms with Crippen LogP contribution in [0.5, 0.6) is 0 Å². The first-order valence-corrected chi connectivity index (χ1v) is 12.3. The molecule has 1 aliphatic heterocycles. The topological polar surface area (TPSA) is 244 Å². The number of amides is 4. The summed E-state index contributed by atoms with van der Waals surface area (Å²) in [5.74, 6) is -4.27. The third-order valence-electron chi connectivity index (χ3n) is 5.89. The second-order valence-corrected chi connectivity index (χ2v) is 8.98. The van der Waals surface area contributed by atoms with Crippen LogP contribution in [0.15, 0.2) is 35.3 Å². The number of hydrogen-bond donors (Lipinski definition) is 8. The molecule has 0 saturated carbocycles. The molecule has 0 radical (unpaired) electrons. The molecular formula is C24H36N8O6. The van der Waals surface area contributed by atoms with Crippen LogP contribution < -0.4 is 38.5 Å². The van der Waals surface area contributed by atoms with Crippen molar-refractivity contribution in [2.24, 2.45) is 22.2 Å². The molecule has 1 fully saturated rings. The summed E-state index contributed by atoms with van der Waals surface area (Å²) in [6.45, 7) is 0.916. The number of carbonyl (C=O) groups is 5. The molecule has 1 heterocycles. The van der Waals surface area contributed by atoms with Crippen LogP contribution in [0.25, 0.3) is 0 Å². The second-order valence-electron chi connectivity index (χ2n) is 8.98. The highest BCUT2D eigenvalue weighted by Crippen LogP contribution is 2.09. The van der Waals surface area contributed by atoms with Crippen LogP contribution in [-0.4, -0.2) is 77.9 Å².